The molecule has 0 aromatic heterocycles. The van der Waals surface area contributed by atoms with Crippen molar-refractivity contribution < 1.29 is 14.7 Å². The molecule has 5 nitrogen and oxygen atoms in total. The van der Waals surface area contributed by atoms with Gasteiger partial charge in [0.1, 0.15) is 0 Å². The molecule has 24 heavy (non-hydrogen) atoms. The van der Waals surface area contributed by atoms with Crippen molar-refractivity contribution in [2.24, 2.45) is 0 Å². The number of rotatable bonds is 8. The lowest BCUT2D eigenvalue weighted by Crippen LogP contribution is -2.46. The second-order valence-corrected chi connectivity index (χ2v) is 6.58. The van der Waals surface area contributed by atoms with Crippen LogP contribution in [-0.2, 0) is 16.0 Å². The fourth-order valence-corrected chi connectivity index (χ4v) is 3.35. The van der Waals surface area contributed by atoms with E-state index in [1.165, 1.54) is 11.1 Å². The largest absolute Gasteiger partial charge is 0.481 e. The highest BCUT2D eigenvalue weighted by Gasteiger charge is 2.24. The summed E-state index contributed by atoms with van der Waals surface area (Å²) in [5, 5.41) is 11.9. The molecular formula is C19H28N2O3. The van der Waals surface area contributed by atoms with Crippen molar-refractivity contribution in [1.82, 2.24) is 10.2 Å². The molecule has 2 rings (SSSR count). The molecule has 132 valence electrons. The number of carbonyl (C=O) groups is 2. The molecule has 5 heteroatoms. The van der Waals surface area contributed by atoms with Crippen LogP contribution >= 0.6 is 0 Å². The van der Waals surface area contributed by atoms with E-state index < -0.39 is 5.97 Å². The van der Waals surface area contributed by atoms with Crippen molar-refractivity contribution in [2.45, 2.75) is 51.5 Å². The number of benzene rings is 1. The van der Waals surface area contributed by atoms with Gasteiger partial charge in [-0.25, -0.2) is 0 Å². The molecular weight excluding hydrogens is 304 g/mol. The molecule has 1 aromatic rings. The van der Waals surface area contributed by atoms with Crippen LogP contribution in [0.3, 0.4) is 0 Å². The number of hydrogen-bond acceptors (Lipinski definition) is 3. The number of carboxylic acids is 1. The Kier molecular flexibility index (Phi) is 7.25. The minimum atomic E-state index is -0.761. The number of amides is 1. The fraction of sp³-hybridized carbons (Fsp3) is 0.579. The van der Waals surface area contributed by atoms with Gasteiger partial charge in [-0.15, -0.1) is 0 Å². The first-order chi connectivity index (χ1) is 11.6. The molecule has 0 radical (unpaired) electrons. The minimum absolute atomic E-state index is 0.0332. The van der Waals surface area contributed by atoms with Gasteiger partial charge in [0.25, 0.3) is 0 Å². The Bertz CT molecular complexity index is 559. The Morgan fingerprint density at radius 1 is 1.29 bits per heavy atom. The average Bonchev–Trinajstić information content (AvgIpc) is 2.56. The Morgan fingerprint density at radius 3 is 2.83 bits per heavy atom. The number of piperidine rings is 1. The Morgan fingerprint density at radius 2 is 2.08 bits per heavy atom. The molecule has 0 spiro atoms. The zero-order valence-corrected chi connectivity index (χ0v) is 14.5. The number of likely N-dealkylation sites (tertiary alicyclic amines) is 1. The van der Waals surface area contributed by atoms with E-state index in [-0.39, 0.29) is 18.4 Å². The van der Waals surface area contributed by atoms with Crippen molar-refractivity contribution in [2.75, 3.05) is 19.6 Å². The van der Waals surface area contributed by atoms with E-state index >= 15 is 0 Å². The first kappa shape index (κ1) is 18.5. The van der Waals surface area contributed by atoms with Crippen LogP contribution in [0.2, 0.25) is 0 Å². The van der Waals surface area contributed by atoms with Crippen LogP contribution in [0.4, 0.5) is 0 Å². The molecule has 1 heterocycles. The van der Waals surface area contributed by atoms with Crippen LogP contribution in [-0.4, -0.2) is 47.6 Å². The zero-order chi connectivity index (χ0) is 17.4. The molecule has 1 unspecified atom stereocenters. The molecule has 0 saturated carbocycles. The molecule has 1 aromatic carbocycles. The van der Waals surface area contributed by atoms with Gasteiger partial charge in [0.2, 0.25) is 5.91 Å². The summed E-state index contributed by atoms with van der Waals surface area (Å²) in [4.78, 5) is 25.1. The summed E-state index contributed by atoms with van der Waals surface area (Å²) >= 11 is 0. The maximum Gasteiger partial charge on any atom is 0.303 e. The lowest BCUT2D eigenvalue weighted by molar-refractivity contribution is -0.137. The summed E-state index contributed by atoms with van der Waals surface area (Å²) in [6, 6.07) is 8.43. The number of hydrogen-bond donors (Lipinski definition) is 2. The van der Waals surface area contributed by atoms with Gasteiger partial charge >= 0.3 is 5.97 Å². The van der Waals surface area contributed by atoms with E-state index in [2.05, 4.69) is 29.3 Å². The highest BCUT2D eigenvalue weighted by atomic mass is 16.4. The number of aliphatic carboxylic acids is 1. The number of carboxylic acid groups (broad SMARTS) is 1. The Balaban J connectivity index is 1.75. The van der Waals surface area contributed by atoms with E-state index in [0.717, 1.165) is 32.2 Å². The van der Waals surface area contributed by atoms with Crippen LogP contribution in [0.5, 0.6) is 0 Å². The van der Waals surface area contributed by atoms with Crippen LogP contribution < -0.4 is 5.32 Å². The van der Waals surface area contributed by atoms with E-state index in [9.17, 15) is 9.59 Å². The maximum atomic E-state index is 12.2. The van der Waals surface area contributed by atoms with Gasteiger partial charge in [0.05, 0.1) is 6.54 Å². The molecule has 1 aliphatic rings. The van der Waals surface area contributed by atoms with Gasteiger partial charge in [-0.1, -0.05) is 30.7 Å². The summed E-state index contributed by atoms with van der Waals surface area (Å²) in [6.07, 6.45) is 4.84. The highest BCUT2D eigenvalue weighted by Crippen LogP contribution is 2.20. The molecule has 0 aliphatic carbocycles. The lowest BCUT2D eigenvalue weighted by Gasteiger charge is -2.35. The number of aryl methyl sites for hydroxylation is 1. The molecule has 0 bridgehead atoms. The SMILES string of the molecule is Cc1ccccc1CCNC(=O)CN1CCCCC1CCC(=O)O. The molecule has 1 amide bonds. The summed E-state index contributed by atoms with van der Waals surface area (Å²) in [5.41, 5.74) is 2.51. The van der Waals surface area contributed by atoms with Gasteiger partial charge in [-0.05, 0) is 50.3 Å². The Hall–Kier alpha value is -1.88. The molecule has 1 aliphatic heterocycles. The number of carbonyl (C=O) groups excluding carboxylic acids is 1. The van der Waals surface area contributed by atoms with Crippen molar-refractivity contribution in [3.63, 3.8) is 0 Å². The first-order valence-corrected chi connectivity index (χ1v) is 8.83. The van der Waals surface area contributed by atoms with E-state index in [4.69, 9.17) is 5.11 Å². The van der Waals surface area contributed by atoms with Gasteiger partial charge in [0.15, 0.2) is 0 Å². The second-order valence-electron chi connectivity index (χ2n) is 6.58. The van der Waals surface area contributed by atoms with Crippen LogP contribution in [0.1, 0.15) is 43.2 Å². The second kappa shape index (κ2) is 9.42. The van der Waals surface area contributed by atoms with Crippen molar-refractivity contribution in [3.8, 4) is 0 Å². The monoisotopic (exact) mass is 332 g/mol. The summed E-state index contributed by atoms with van der Waals surface area (Å²) in [5.74, 6) is -0.728. The van der Waals surface area contributed by atoms with E-state index in [1.54, 1.807) is 0 Å². The molecule has 1 atom stereocenters. The first-order valence-electron chi connectivity index (χ1n) is 8.83. The quantitative estimate of drug-likeness (QED) is 0.767. The topological polar surface area (TPSA) is 69.6 Å². The third kappa shape index (κ3) is 5.96. The number of nitrogens with one attached hydrogen (secondary N) is 1. The zero-order valence-electron chi connectivity index (χ0n) is 14.5. The predicted octanol–water partition coefficient (Wildman–Crippen LogP) is 2.37. The third-order valence-electron chi connectivity index (χ3n) is 4.76. The smallest absolute Gasteiger partial charge is 0.303 e. The summed E-state index contributed by atoms with van der Waals surface area (Å²) < 4.78 is 0. The maximum absolute atomic E-state index is 12.2. The molecule has 1 fully saturated rings. The van der Waals surface area contributed by atoms with Crippen molar-refractivity contribution >= 4 is 11.9 Å². The normalized spacial score (nSPS) is 18.3. The average molecular weight is 332 g/mol. The standard InChI is InChI=1S/C19H28N2O3/c1-15-6-2-3-7-16(15)11-12-20-18(22)14-21-13-5-4-8-17(21)9-10-19(23)24/h2-3,6-7,17H,4-5,8-14H2,1H3,(H,20,22)(H,23,24). The lowest BCUT2D eigenvalue weighted by atomic mass is 9.98. The van der Waals surface area contributed by atoms with Crippen molar-refractivity contribution in [3.05, 3.63) is 35.4 Å². The van der Waals surface area contributed by atoms with Crippen LogP contribution in [0.25, 0.3) is 0 Å². The van der Waals surface area contributed by atoms with Crippen LogP contribution in [0, 0.1) is 6.92 Å². The molecule has 2 N–H and O–H groups in total. The van der Waals surface area contributed by atoms with Crippen LogP contribution in [0.15, 0.2) is 24.3 Å². The third-order valence-corrected chi connectivity index (χ3v) is 4.76. The van der Waals surface area contributed by atoms with Gasteiger partial charge in [-0.2, -0.15) is 0 Å². The van der Waals surface area contributed by atoms with Gasteiger partial charge in [0, 0.05) is 19.0 Å². The summed E-state index contributed by atoms with van der Waals surface area (Å²) in [7, 11) is 0. The van der Waals surface area contributed by atoms with Crippen molar-refractivity contribution in [1.29, 1.82) is 0 Å². The van der Waals surface area contributed by atoms with Gasteiger partial charge in [-0.3, -0.25) is 14.5 Å². The van der Waals surface area contributed by atoms with E-state index in [1.807, 2.05) is 12.1 Å². The fourth-order valence-electron chi connectivity index (χ4n) is 3.35. The van der Waals surface area contributed by atoms with E-state index in [0.29, 0.717) is 19.5 Å². The summed E-state index contributed by atoms with van der Waals surface area (Å²) in [6.45, 7) is 3.98. The predicted molar refractivity (Wildman–Crippen MR) is 94.0 cm³/mol. The number of nitrogens with zero attached hydrogens (tertiary/aromatic N) is 1. The highest BCUT2D eigenvalue weighted by molar-refractivity contribution is 5.78. The minimum Gasteiger partial charge on any atom is -0.481 e. The van der Waals surface area contributed by atoms with Gasteiger partial charge < -0.3 is 10.4 Å². The molecule has 1 saturated heterocycles. The Labute approximate surface area is 144 Å².